The maximum atomic E-state index is 12.1. The summed E-state index contributed by atoms with van der Waals surface area (Å²) in [7, 11) is 3.36. The van der Waals surface area contributed by atoms with Crippen LogP contribution < -0.4 is 11.1 Å². The molecule has 0 fully saturated rings. The smallest absolute Gasteiger partial charge is 0.275 e. The molecule has 6 nitrogen and oxygen atoms in total. The minimum absolute atomic E-state index is 0.122. The molecular weight excluding hydrogens is 288 g/mol. The van der Waals surface area contributed by atoms with Crippen LogP contribution >= 0.6 is 11.3 Å². The van der Waals surface area contributed by atoms with Gasteiger partial charge in [-0.3, -0.25) is 9.59 Å². The van der Waals surface area contributed by atoms with Gasteiger partial charge in [0.25, 0.3) is 11.8 Å². The number of nitrogens with zero attached hydrogens (tertiary/aromatic N) is 2. The summed E-state index contributed by atoms with van der Waals surface area (Å²) in [4.78, 5) is 29.4. The third kappa shape index (κ3) is 3.38. The second-order valence-corrected chi connectivity index (χ2v) is 5.64. The Bertz CT molecular complexity index is 694. The number of thiazole rings is 1. The molecule has 0 saturated carbocycles. The first-order chi connectivity index (χ1) is 9.88. The zero-order valence-corrected chi connectivity index (χ0v) is 12.8. The summed E-state index contributed by atoms with van der Waals surface area (Å²) in [6.07, 6.45) is 0. The number of rotatable bonds is 3. The molecule has 7 heteroatoms. The molecule has 1 aromatic heterocycles. The standard InChI is InChI=1S/C14H16N4O2S/c1-8-4-5-9(13(20)18(2)3)6-10(8)16-12(19)11-7-21-14(15)17-11/h4-7H,1-3H3,(H2,15,17)(H,16,19). The van der Waals surface area contributed by atoms with E-state index in [1.165, 1.54) is 16.2 Å². The summed E-state index contributed by atoms with van der Waals surface area (Å²) < 4.78 is 0. The molecular formula is C14H16N4O2S. The fraction of sp³-hybridized carbons (Fsp3) is 0.214. The lowest BCUT2D eigenvalue weighted by molar-refractivity contribution is 0.0827. The molecule has 0 saturated heterocycles. The van der Waals surface area contributed by atoms with Gasteiger partial charge in [-0.05, 0) is 24.6 Å². The van der Waals surface area contributed by atoms with Crippen molar-refractivity contribution in [3.63, 3.8) is 0 Å². The molecule has 0 atom stereocenters. The zero-order valence-electron chi connectivity index (χ0n) is 12.0. The fourth-order valence-corrected chi connectivity index (χ4v) is 2.27. The van der Waals surface area contributed by atoms with Crippen molar-refractivity contribution in [2.75, 3.05) is 25.1 Å². The predicted molar refractivity (Wildman–Crippen MR) is 83.7 cm³/mol. The highest BCUT2D eigenvalue weighted by molar-refractivity contribution is 7.13. The van der Waals surface area contributed by atoms with Crippen molar-refractivity contribution < 1.29 is 9.59 Å². The molecule has 1 aromatic carbocycles. The Morgan fingerprint density at radius 3 is 2.62 bits per heavy atom. The molecule has 2 rings (SSSR count). The van der Waals surface area contributed by atoms with Crippen LogP contribution in [0.15, 0.2) is 23.6 Å². The van der Waals surface area contributed by atoms with Gasteiger partial charge >= 0.3 is 0 Å². The van der Waals surface area contributed by atoms with E-state index in [-0.39, 0.29) is 17.5 Å². The number of nitrogens with two attached hydrogens (primary N) is 1. The molecule has 3 N–H and O–H groups in total. The van der Waals surface area contributed by atoms with Crippen molar-refractivity contribution in [1.29, 1.82) is 0 Å². The molecule has 0 unspecified atom stereocenters. The van der Waals surface area contributed by atoms with Crippen LogP contribution in [0.25, 0.3) is 0 Å². The summed E-state index contributed by atoms with van der Waals surface area (Å²) in [5.74, 6) is -0.469. The maximum absolute atomic E-state index is 12.1. The molecule has 0 aliphatic carbocycles. The first-order valence-corrected chi connectivity index (χ1v) is 7.11. The van der Waals surface area contributed by atoms with Crippen molar-refractivity contribution in [2.45, 2.75) is 6.92 Å². The van der Waals surface area contributed by atoms with Crippen LogP contribution in [0.3, 0.4) is 0 Å². The van der Waals surface area contributed by atoms with Gasteiger partial charge in [-0.25, -0.2) is 4.98 Å². The molecule has 0 aliphatic rings. The average Bonchev–Trinajstić information content (AvgIpc) is 2.87. The Labute approximate surface area is 126 Å². The lowest BCUT2D eigenvalue weighted by Crippen LogP contribution is -2.22. The summed E-state index contributed by atoms with van der Waals surface area (Å²) in [6.45, 7) is 1.86. The third-order valence-electron chi connectivity index (χ3n) is 2.89. The van der Waals surface area contributed by atoms with Gasteiger partial charge in [0, 0.05) is 30.7 Å². The van der Waals surface area contributed by atoms with Crippen molar-refractivity contribution in [3.05, 3.63) is 40.4 Å². The van der Waals surface area contributed by atoms with Crippen molar-refractivity contribution >= 4 is 34.0 Å². The van der Waals surface area contributed by atoms with E-state index in [4.69, 9.17) is 5.73 Å². The van der Waals surface area contributed by atoms with Gasteiger partial charge in [0.05, 0.1) is 0 Å². The third-order valence-corrected chi connectivity index (χ3v) is 3.57. The number of nitrogens with one attached hydrogen (secondary N) is 1. The van der Waals surface area contributed by atoms with Gasteiger partial charge in [-0.15, -0.1) is 11.3 Å². The number of amides is 2. The quantitative estimate of drug-likeness (QED) is 0.907. The van der Waals surface area contributed by atoms with Crippen LogP contribution in [0.4, 0.5) is 10.8 Å². The predicted octanol–water partition coefficient (Wildman–Crippen LogP) is 1.99. The fourth-order valence-electron chi connectivity index (χ4n) is 1.73. The first-order valence-electron chi connectivity index (χ1n) is 6.23. The summed E-state index contributed by atoms with van der Waals surface area (Å²) in [5.41, 5.74) is 7.74. The highest BCUT2D eigenvalue weighted by atomic mass is 32.1. The van der Waals surface area contributed by atoms with E-state index in [9.17, 15) is 9.59 Å². The average molecular weight is 304 g/mol. The largest absolute Gasteiger partial charge is 0.375 e. The molecule has 110 valence electrons. The number of hydrogen-bond acceptors (Lipinski definition) is 5. The molecule has 0 bridgehead atoms. The Morgan fingerprint density at radius 2 is 2.05 bits per heavy atom. The second-order valence-electron chi connectivity index (χ2n) is 4.75. The van der Waals surface area contributed by atoms with Gasteiger partial charge in [0.15, 0.2) is 5.13 Å². The van der Waals surface area contributed by atoms with Gasteiger partial charge in [0.1, 0.15) is 5.69 Å². The molecule has 2 aromatic rings. The van der Waals surface area contributed by atoms with Crippen LogP contribution in [0.5, 0.6) is 0 Å². The van der Waals surface area contributed by atoms with Crippen LogP contribution in [0.2, 0.25) is 0 Å². The monoisotopic (exact) mass is 304 g/mol. The van der Waals surface area contributed by atoms with Crippen LogP contribution in [-0.4, -0.2) is 35.8 Å². The number of aromatic nitrogens is 1. The Hall–Kier alpha value is -2.41. The Balaban J connectivity index is 2.25. The topological polar surface area (TPSA) is 88.3 Å². The lowest BCUT2D eigenvalue weighted by Gasteiger charge is -2.13. The highest BCUT2D eigenvalue weighted by Crippen LogP contribution is 2.19. The molecule has 2 amide bonds. The number of hydrogen-bond donors (Lipinski definition) is 2. The van der Waals surface area contributed by atoms with Crippen LogP contribution in [0, 0.1) is 6.92 Å². The molecule has 0 spiro atoms. The number of benzene rings is 1. The van der Waals surface area contributed by atoms with Crippen LogP contribution in [-0.2, 0) is 0 Å². The van der Waals surface area contributed by atoms with E-state index >= 15 is 0 Å². The van der Waals surface area contributed by atoms with E-state index in [0.717, 1.165) is 5.56 Å². The van der Waals surface area contributed by atoms with Gasteiger partial charge in [-0.1, -0.05) is 6.07 Å². The van der Waals surface area contributed by atoms with E-state index < -0.39 is 0 Å². The number of anilines is 2. The Kier molecular flexibility index (Phi) is 4.23. The number of aryl methyl sites for hydroxylation is 1. The van der Waals surface area contributed by atoms with Crippen molar-refractivity contribution in [1.82, 2.24) is 9.88 Å². The summed E-state index contributed by atoms with van der Waals surface area (Å²) in [5, 5.41) is 4.69. The zero-order chi connectivity index (χ0) is 15.6. The second kappa shape index (κ2) is 5.92. The molecule has 21 heavy (non-hydrogen) atoms. The SMILES string of the molecule is Cc1ccc(C(=O)N(C)C)cc1NC(=O)c1csc(N)n1. The van der Waals surface area contributed by atoms with Crippen molar-refractivity contribution in [2.24, 2.45) is 0 Å². The summed E-state index contributed by atoms with van der Waals surface area (Å²) >= 11 is 1.20. The minimum atomic E-state index is -0.347. The van der Waals surface area contributed by atoms with E-state index in [0.29, 0.717) is 16.4 Å². The molecule has 0 radical (unpaired) electrons. The van der Waals surface area contributed by atoms with E-state index in [1.807, 2.05) is 6.92 Å². The molecule has 1 heterocycles. The number of nitrogen functional groups attached to an aromatic ring is 1. The minimum Gasteiger partial charge on any atom is -0.375 e. The molecule has 0 aliphatic heterocycles. The van der Waals surface area contributed by atoms with Gasteiger partial charge in [-0.2, -0.15) is 0 Å². The van der Waals surface area contributed by atoms with Crippen molar-refractivity contribution in [3.8, 4) is 0 Å². The summed E-state index contributed by atoms with van der Waals surface area (Å²) in [6, 6.07) is 5.18. The number of carbonyl (C=O) groups is 2. The lowest BCUT2D eigenvalue weighted by atomic mass is 10.1. The normalized spacial score (nSPS) is 10.2. The highest BCUT2D eigenvalue weighted by Gasteiger charge is 2.14. The number of carbonyl (C=O) groups excluding carboxylic acids is 2. The van der Waals surface area contributed by atoms with Gasteiger partial charge < -0.3 is 16.0 Å². The first kappa shape index (κ1) is 15.0. The van der Waals surface area contributed by atoms with E-state index in [1.54, 1.807) is 37.7 Å². The Morgan fingerprint density at radius 1 is 1.33 bits per heavy atom. The van der Waals surface area contributed by atoms with Gasteiger partial charge in [0.2, 0.25) is 0 Å². The van der Waals surface area contributed by atoms with Crippen LogP contribution in [0.1, 0.15) is 26.4 Å². The maximum Gasteiger partial charge on any atom is 0.275 e. The van der Waals surface area contributed by atoms with E-state index in [2.05, 4.69) is 10.3 Å².